The van der Waals surface area contributed by atoms with Crippen molar-refractivity contribution < 1.29 is 38.1 Å². The third kappa shape index (κ3) is 7.86. The predicted octanol–water partition coefficient (Wildman–Crippen LogP) is 6.79. The predicted molar refractivity (Wildman–Crippen MR) is 213 cm³/mol. The summed E-state index contributed by atoms with van der Waals surface area (Å²) in [6, 6.07) is 8.78. The number of aromatic nitrogens is 4. The van der Waals surface area contributed by atoms with Crippen molar-refractivity contribution in [3.8, 4) is 45.5 Å². The molecule has 2 aromatic heterocycles. The number of nitrogens with zero attached hydrogens (tertiary/aromatic N) is 4. The largest absolute Gasteiger partial charge is 0.453 e. The van der Waals surface area contributed by atoms with Crippen LogP contribution < -0.4 is 20.1 Å². The number of benzene rings is 2. The molecule has 4 aromatic rings. The van der Waals surface area contributed by atoms with E-state index in [4.69, 9.17) is 18.9 Å². The van der Waals surface area contributed by atoms with Gasteiger partial charge in [-0.25, -0.2) is 19.6 Å². The molecule has 7 rings (SSSR count). The number of fused-ring (bicyclic) bond motifs is 2. The van der Waals surface area contributed by atoms with E-state index in [0.29, 0.717) is 47.7 Å². The molecule has 3 aliphatic rings. The molecule has 304 valence electrons. The molecule has 4 atom stereocenters. The highest BCUT2D eigenvalue weighted by molar-refractivity contribution is 5.88. The van der Waals surface area contributed by atoms with Crippen molar-refractivity contribution in [3.05, 3.63) is 83.7 Å². The molecule has 16 heteroatoms. The van der Waals surface area contributed by atoms with E-state index < -0.39 is 36.4 Å². The van der Waals surface area contributed by atoms with Crippen LogP contribution in [0.4, 0.5) is 9.59 Å². The van der Waals surface area contributed by atoms with Crippen LogP contribution in [0.1, 0.15) is 65.3 Å². The summed E-state index contributed by atoms with van der Waals surface area (Å²) in [5.74, 6) is 2.51. The van der Waals surface area contributed by atoms with E-state index in [1.165, 1.54) is 14.2 Å². The first-order valence-electron chi connectivity index (χ1n) is 19.1. The van der Waals surface area contributed by atoms with Crippen molar-refractivity contribution >= 4 is 24.0 Å². The average molecular weight is 793 g/mol. The molecule has 4 N–H and O–H groups in total. The molecule has 0 saturated heterocycles. The Kier molecular flexibility index (Phi) is 11.0. The van der Waals surface area contributed by atoms with Gasteiger partial charge in [0, 0.05) is 24.2 Å². The second-order valence-corrected chi connectivity index (χ2v) is 15.5. The van der Waals surface area contributed by atoms with Gasteiger partial charge in [0.1, 0.15) is 35.8 Å². The number of carbonyl (C=O) groups is 4. The Labute approximate surface area is 336 Å². The highest BCUT2D eigenvalue weighted by Gasteiger charge is 2.38. The Morgan fingerprint density at radius 3 is 1.43 bits per heavy atom. The van der Waals surface area contributed by atoms with Crippen molar-refractivity contribution in [3.63, 3.8) is 0 Å². The van der Waals surface area contributed by atoms with Crippen molar-refractivity contribution in [2.24, 2.45) is 11.8 Å². The summed E-state index contributed by atoms with van der Waals surface area (Å²) in [7, 11) is 2.54. The minimum Gasteiger partial charge on any atom is -0.453 e. The molecule has 3 aliphatic heterocycles. The summed E-state index contributed by atoms with van der Waals surface area (Å²) in [5.41, 5.74) is 5.08. The maximum absolute atomic E-state index is 13.7. The highest BCUT2D eigenvalue weighted by Crippen LogP contribution is 2.48. The van der Waals surface area contributed by atoms with Crippen LogP contribution in [0.3, 0.4) is 0 Å². The molecule has 2 aromatic carbocycles. The third-order valence-corrected chi connectivity index (χ3v) is 10.4. The van der Waals surface area contributed by atoms with Crippen LogP contribution in [0.2, 0.25) is 0 Å². The fourth-order valence-electron chi connectivity index (χ4n) is 7.38. The van der Waals surface area contributed by atoms with Gasteiger partial charge in [-0.2, -0.15) is 0 Å². The minimum absolute atomic E-state index is 0.162. The lowest BCUT2D eigenvalue weighted by molar-refractivity contribution is -0.135. The van der Waals surface area contributed by atoms with Gasteiger partial charge in [-0.05, 0) is 62.1 Å². The van der Waals surface area contributed by atoms with Gasteiger partial charge in [0.2, 0.25) is 11.8 Å². The zero-order chi connectivity index (χ0) is 41.4. The average Bonchev–Trinajstić information content (AvgIpc) is 4.03. The summed E-state index contributed by atoms with van der Waals surface area (Å²) < 4.78 is 22.2. The fraction of sp³-hybridized carbons (Fsp3) is 0.381. The monoisotopic (exact) mass is 792 g/mol. The van der Waals surface area contributed by atoms with Crippen molar-refractivity contribution in [1.82, 2.24) is 40.4 Å². The molecule has 0 unspecified atom stereocenters. The van der Waals surface area contributed by atoms with E-state index >= 15 is 0 Å². The molecule has 0 radical (unpaired) electrons. The molecule has 5 heterocycles. The standard InChI is InChI=1S/C42H48N8O8/c1-21(2)35(47-41(53)55-7)39(51)49-19-23(5)13-29(49)37-43-17-27(45-37)25-9-11-31-33(15-25)57-32-12-10-26(16-34(32)58-31)28-18-44-38(46-28)30-14-24(6)20-50(30)40(52)36(22(3)4)48-42(54)56-8/h9-18,21-22,29-30,35-36H,19-20H2,1-8H3,(H,43,45)(H,44,46)(H,47,53)(H,48,54)/t29-,30-,35-,36-/m0/s1. The van der Waals surface area contributed by atoms with Crippen LogP contribution in [0.15, 0.2) is 72.1 Å². The smallest absolute Gasteiger partial charge is 0.407 e. The van der Waals surface area contributed by atoms with Gasteiger partial charge in [-0.1, -0.05) is 51.0 Å². The van der Waals surface area contributed by atoms with E-state index in [2.05, 4.69) is 30.6 Å². The molecular formula is C42H48N8O8. The van der Waals surface area contributed by atoms with Crippen molar-refractivity contribution in [2.75, 3.05) is 27.3 Å². The maximum Gasteiger partial charge on any atom is 0.407 e. The quantitative estimate of drug-likeness (QED) is 0.110. The van der Waals surface area contributed by atoms with Crippen LogP contribution >= 0.6 is 0 Å². The number of alkyl carbamates (subject to hydrolysis) is 2. The van der Waals surface area contributed by atoms with Crippen LogP contribution in [0.25, 0.3) is 22.5 Å². The third-order valence-electron chi connectivity index (χ3n) is 10.4. The van der Waals surface area contributed by atoms with Crippen molar-refractivity contribution in [1.29, 1.82) is 0 Å². The molecule has 0 spiro atoms. The van der Waals surface area contributed by atoms with Gasteiger partial charge >= 0.3 is 12.2 Å². The van der Waals surface area contributed by atoms with Gasteiger partial charge in [0.25, 0.3) is 0 Å². The molecule has 58 heavy (non-hydrogen) atoms. The number of imidazole rings is 2. The SMILES string of the molecule is COC(=O)N[C@H](C(=O)N1CC(C)=C[C@H]1c1ncc(-c2ccc3c(c2)Oc2ccc(-c4cnc([C@@H]5C=C(C)CN5C(=O)[C@@H](NC(=O)OC)C(C)C)[nH]4)cc2O3)[nH]1)C(C)C. The van der Waals surface area contributed by atoms with E-state index in [9.17, 15) is 19.2 Å². The van der Waals surface area contributed by atoms with Gasteiger partial charge in [0.15, 0.2) is 23.0 Å². The minimum atomic E-state index is -0.763. The van der Waals surface area contributed by atoms with E-state index in [1.807, 2.05) is 90.1 Å². The number of ether oxygens (including phenoxy) is 4. The number of carbonyl (C=O) groups excluding carboxylic acids is 4. The zero-order valence-electron chi connectivity index (χ0n) is 33.7. The van der Waals surface area contributed by atoms with Gasteiger partial charge < -0.3 is 49.3 Å². The molecular weight excluding hydrogens is 745 g/mol. The molecule has 16 nitrogen and oxygen atoms in total. The topological polar surface area (TPSA) is 193 Å². The molecule has 4 amide bonds. The number of aromatic amines is 2. The lowest BCUT2D eigenvalue weighted by Gasteiger charge is -2.30. The van der Waals surface area contributed by atoms with Gasteiger partial charge in [0.05, 0.1) is 38.0 Å². The number of nitrogens with one attached hydrogen (secondary N) is 4. The van der Waals surface area contributed by atoms with Crippen LogP contribution in [-0.4, -0.2) is 93.1 Å². The van der Waals surface area contributed by atoms with Gasteiger partial charge in [-0.15, -0.1) is 0 Å². The maximum atomic E-state index is 13.7. The number of rotatable bonds is 10. The second kappa shape index (κ2) is 16.1. The zero-order valence-corrected chi connectivity index (χ0v) is 33.7. The summed E-state index contributed by atoms with van der Waals surface area (Å²) in [6.45, 7) is 12.2. The number of methoxy groups -OCH3 is 2. The molecule has 0 bridgehead atoms. The summed E-state index contributed by atoms with van der Waals surface area (Å²) in [4.78, 5) is 70.9. The highest BCUT2D eigenvalue weighted by atomic mass is 16.6. The fourth-order valence-corrected chi connectivity index (χ4v) is 7.38. The Balaban J connectivity index is 1.06. The number of H-pyrrole nitrogens is 2. The number of amides is 4. The van der Waals surface area contributed by atoms with Crippen molar-refractivity contribution in [2.45, 2.75) is 65.7 Å². The summed E-state index contributed by atoms with van der Waals surface area (Å²) in [6.07, 6.45) is 6.10. The first kappa shape index (κ1) is 39.6. The Bertz CT molecular complexity index is 2150. The Morgan fingerprint density at radius 1 is 0.672 bits per heavy atom. The lowest BCUT2D eigenvalue weighted by atomic mass is 10.0. The number of hydrogen-bond acceptors (Lipinski definition) is 10. The molecule has 0 saturated carbocycles. The molecule has 0 fully saturated rings. The first-order valence-corrected chi connectivity index (χ1v) is 19.1. The van der Waals surface area contributed by atoms with Gasteiger partial charge in [-0.3, -0.25) is 9.59 Å². The first-order chi connectivity index (χ1) is 27.7. The summed E-state index contributed by atoms with van der Waals surface area (Å²) >= 11 is 0. The van der Waals surface area contributed by atoms with Crippen LogP contribution in [0.5, 0.6) is 23.0 Å². The van der Waals surface area contributed by atoms with E-state index in [-0.39, 0.29) is 23.7 Å². The second-order valence-electron chi connectivity index (χ2n) is 15.5. The van der Waals surface area contributed by atoms with E-state index in [0.717, 1.165) is 33.7 Å². The molecule has 0 aliphatic carbocycles. The Hall–Kier alpha value is -6.58. The summed E-state index contributed by atoms with van der Waals surface area (Å²) in [5, 5.41) is 5.35. The van der Waals surface area contributed by atoms with Crippen LogP contribution in [-0.2, 0) is 19.1 Å². The van der Waals surface area contributed by atoms with E-state index in [1.54, 1.807) is 22.2 Å². The number of hydrogen-bond donors (Lipinski definition) is 4. The normalized spacial score (nSPS) is 18.0. The lowest BCUT2D eigenvalue weighted by Crippen LogP contribution is -2.51. The Morgan fingerprint density at radius 2 is 1.07 bits per heavy atom. The van der Waals surface area contributed by atoms with Crippen LogP contribution in [0, 0.1) is 11.8 Å².